The molecule has 33 heavy (non-hydrogen) atoms. The molecule has 0 aliphatic carbocycles. The third kappa shape index (κ3) is 3.84. The molecule has 0 radical (unpaired) electrons. The first-order chi connectivity index (χ1) is 16.1. The van der Waals surface area contributed by atoms with E-state index in [1.54, 1.807) is 4.40 Å². The Labute approximate surface area is 192 Å². The number of nitrogens with zero attached hydrogens (tertiary/aromatic N) is 3. The van der Waals surface area contributed by atoms with Gasteiger partial charge in [-0.3, -0.25) is 14.0 Å². The lowest BCUT2D eigenvalue weighted by atomic mass is 10.1. The zero-order chi connectivity index (χ0) is 22.9. The standard InChI is InChI=1S/C23H24FN5O3S/c24-15-13-14-19(31)18(22(32)26-8-4-12-30)23-29(16-5-1-2-6-17(16)33-23)20(14)27-21(15)28-10-3-7-25-9-11-28/h1-2,5-6,13,25,30H,3-4,7-12H2,(H,26,32). The van der Waals surface area contributed by atoms with Gasteiger partial charge in [0, 0.05) is 32.8 Å². The number of fused-ring (bicyclic) bond motifs is 5. The topological polar surface area (TPSA) is 99.0 Å². The number of hydrogen-bond acceptors (Lipinski definition) is 7. The number of aliphatic hydroxyl groups is 1. The molecule has 4 heterocycles. The quantitative estimate of drug-likeness (QED) is 0.387. The average molecular weight is 470 g/mol. The molecule has 10 heteroatoms. The second-order valence-corrected chi connectivity index (χ2v) is 9.03. The number of nitrogens with one attached hydrogen (secondary N) is 2. The molecule has 0 bridgehead atoms. The summed E-state index contributed by atoms with van der Waals surface area (Å²) in [6.07, 6.45) is 1.24. The minimum absolute atomic E-state index is 0.0328. The first-order valence-electron chi connectivity index (χ1n) is 11.0. The first kappa shape index (κ1) is 21.7. The van der Waals surface area contributed by atoms with Crippen LogP contribution in [0.5, 0.6) is 0 Å². The highest BCUT2D eigenvalue weighted by atomic mass is 32.1. The Balaban J connectivity index is 1.79. The van der Waals surface area contributed by atoms with Crippen molar-refractivity contribution in [2.24, 2.45) is 0 Å². The van der Waals surface area contributed by atoms with E-state index < -0.39 is 17.2 Å². The summed E-state index contributed by atoms with van der Waals surface area (Å²) in [5.41, 5.74) is 0.561. The second-order valence-electron chi connectivity index (χ2n) is 8.00. The van der Waals surface area contributed by atoms with Gasteiger partial charge in [0.25, 0.3) is 5.91 Å². The number of thiazole rings is 1. The molecule has 1 fully saturated rings. The Bertz CT molecular complexity index is 1410. The molecule has 1 amide bonds. The predicted molar refractivity (Wildman–Crippen MR) is 128 cm³/mol. The Hall–Kier alpha value is -3.08. The lowest BCUT2D eigenvalue weighted by molar-refractivity contribution is 0.0952. The minimum Gasteiger partial charge on any atom is -0.396 e. The van der Waals surface area contributed by atoms with E-state index in [1.807, 2.05) is 29.2 Å². The number of aromatic nitrogens is 2. The number of amides is 1. The Kier molecular flexibility index (Phi) is 5.96. The summed E-state index contributed by atoms with van der Waals surface area (Å²) >= 11 is 1.33. The van der Waals surface area contributed by atoms with Crippen molar-refractivity contribution in [1.82, 2.24) is 20.0 Å². The van der Waals surface area contributed by atoms with Crippen LogP contribution < -0.4 is 21.0 Å². The molecule has 3 aromatic heterocycles. The number of carbonyl (C=O) groups excluding carboxylic acids is 1. The van der Waals surface area contributed by atoms with E-state index in [1.165, 1.54) is 17.4 Å². The molecule has 1 aromatic carbocycles. The van der Waals surface area contributed by atoms with Crippen molar-refractivity contribution in [2.75, 3.05) is 44.2 Å². The molecule has 5 rings (SSSR count). The van der Waals surface area contributed by atoms with Gasteiger partial charge in [-0.2, -0.15) is 0 Å². The summed E-state index contributed by atoms with van der Waals surface area (Å²) in [7, 11) is 0. The summed E-state index contributed by atoms with van der Waals surface area (Å²) in [5.74, 6) is -0.898. The van der Waals surface area contributed by atoms with Crippen LogP contribution in [0.2, 0.25) is 0 Å². The monoisotopic (exact) mass is 469 g/mol. The molecule has 4 aromatic rings. The number of aliphatic hydroxyl groups excluding tert-OH is 1. The van der Waals surface area contributed by atoms with Crippen molar-refractivity contribution in [3.05, 3.63) is 51.9 Å². The van der Waals surface area contributed by atoms with Crippen LogP contribution in [-0.2, 0) is 0 Å². The van der Waals surface area contributed by atoms with Gasteiger partial charge in [-0.25, -0.2) is 9.37 Å². The highest BCUT2D eigenvalue weighted by molar-refractivity contribution is 7.24. The van der Waals surface area contributed by atoms with Crippen LogP contribution >= 0.6 is 11.3 Å². The predicted octanol–water partition coefficient (Wildman–Crippen LogP) is 2.11. The van der Waals surface area contributed by atoms with Crippen LogP contribution in [0.15, 0.2) is 35.1 Å². The number of halogens is 1. The summed E-state index contributed by atoms with van der Waals surface area (Å²) in [6.45, 7) is 3.03. The van der Waals surface area contributed by atoms with Crippen molar-refractivity contribution in [1.29, 1.82) is 0 Å². The number of pyridine rings is 2. The molecule has 1 saturated heterocycles. The SMILES string of the molecule is O=C(NCCCO)c1c(=O)c2cc(F)c(N3CCCNCC3)nc2n2c1sc1ccccc12. The highest BCUT2D eigenvalue weighted by Crippen LogP contribution is 2.32. The first-order valence-corrected chi connectivity index (χ1v) is 11.8. The molecule has 1 aliphatic heterocycles. The van der Waals surface area contributed by atoms with E-state index in [4.69, 9.17) is 5.11 Å². The number of carbonyl (C=O) groups is 1. The highest BCUT2D eigenvalue weighted by Gasteiger charge is 2.25. The fourth-order valence-corrected chi connectivity index (χ4v) is 5.43. The second kappa shape index (κ2) is 9.05. The molecular weight excluding hydrogens is 445 g/mol. The average Bonchev–Trinajstić information content (AvgIpc) is 2.99. The van der Waals surface area contributed by atoms with Crippen molar-refractivity contribution < 1.29 is 14.3 Å². The third-order valence-electron chi connectivity index (χ3n) is 5.84. The Morgan fingerprint density at radius 2 is 2.12 bits per heavy atom. The van der Waals surface area contributed by atoms with Crippen LogP contribution in [0.1, 0.15) is 23.2 Å². The largest absolute Gasteiger partial charge is 0.396 e. The summed E-state index contributed by atoms with van der Waals surface area (Å²) in [6, 6.07) is 8.80. The number of benzene rings is 1. The van der Waals surface area contributed by atoms with Gasteiger partial charge in [0.2, 0.25) is 5.43 Å². The van der Waals surface area contributed by atoms with Gasteiger partial charge in [-0.05, 0) is 37.6 Å². The van der Waals surface area contributed by atoms with Crippen LogP contribution in [0.4, 0.5) is 10.2 Å². The molecule has 1 aliphatic rings. The maximum atomic E-state index is 15.2. The maximum absolute atomic E-state index is 15.2. The van der Waals surface area contributed by atoms with Gasteiger partial charge in [-0.15, -0.1) is 11.3 Å². The maximum Gasteiger partial charge on any atom is 0.258 e. The summed E-state index contributed by atoms with van der Waals surface area (Å²) < 4.78 is 17.9. The Morgan fingerprint density at radius 3 is 2.97 bits per heavy atom. The molecule has 172 valence electrons. The van der Waals surface area contributed by atoms with Gasteiger partial charge < -0.3 is 20.6 Å². The zero-order valence-electron chi connectivity index (χ0n) is 17.9. The number of rotatable bonds is 5. The summed E-state index contributed by atoms with van der Waals surface area (Å²) in [4.78, 5) is 33.4. The molecule has 0 unspecified atom stereocenters. The normalized spacial score (nSPS) is 14.8. The molecule has 0 atom stereocenters. The van der Waals surface area contributed by atoms with Gasteiger partial charge in [0.1, 0.15) is 10.4 Å². The molecule has 8 nitrogen and oxygen atoms in total. The van der Waals surface area contributed by atoms with E-state index in [0.29, 0.717) is 30.0 Å². The number of hydrogen-bond donors (Lipinski definition) is 3. The van der Waals surface area contributed by atoms with Crippen molar-refractivity contribution in [2.45, 2.75) is 12.8 Å². The van der Waals surface area contributed by atoms with Crippen LogP contribution in [0, 0.1) is 5.82 Å². The van der Waals surface area contributed by atoms with E-state index in [-0.39, 0.29) is 29.9 Å². The van der Waals surface area contributed by atoms with Crippen LogP contribution in [-0.4, -0.2) is 59.7 Å². The summed E-state index contributed by atoms with van der Waals surface area (Å²) in [5, 5.41) is 15.1. The molecule has 3 N–H and O–H groups in total. The van der Waals surface area contributed by atoms with Crippen molar-refractivity contribution >= 4 is 49.1 Å². The lowest BCUT2D eigenvalue weighted by Crippen LogP contribution is -2.31. The smallest absolute Gasteiger partial charge is 0.258 e. The van der Waals surface area contributed by atoms with E-state index in [0.717, 1.165) is 29.7 Å². The number of anilines is 1. The van der Waals surface area contributed by atoms with Crippen LogP contribution in [0.3, 0.4) is 0 Å². The van der Waals surface area contributed by atoms with Gasteiger partial charge in [0.05, 0.1) is 15.6 Å². The Morgan fingerprint density at radius 1 is 1.27 bits per heavy atom. The minimum atomic E-state index is -0.576. The van der Waals surface area contributed by atoms with Crippen molar-refractivity contribution in [3.63, 3.8) is 0 Å². The zero-order valence-corrected chi connectivity index (χ0v) is 18.8. The molecule has 0 spiro atoms. The van der Waals surface area contributed by atoms with Gasteiger partial charge >= 0.3 is 0 Å². The van der Waals surface area contributed by atoms with E-state index in [9.17, 15) is 9.59 Å². The fraction of sp³-hybridized carbons (Fsp3) is 0.348. The third-order valence-corrected chi connectivity index (χ3v) is 6.98. The molecule has 0 saturated carbocycles. The van der Waals surface area contributed by atoms with E-state index >= 15 is 4.39 Å². The van der Waals surface area contributed by atoms with Gasteiger partial charge in [0.15, 0.2) is 17.3 Å². The van der Waals surface area contributed by atoms with Crippen molar-refractivity contribution in [3.8, 4) is 0 Å². The number of para-hydroxylation sites is 1. The molecular formula is C23H24FN5O3S. The lowest BCUT2D eigenvalue weighted by Gasteiger charge is -2.22. The van der Waals surface area contributed by atoms with Gasteiger partial charge in [-0.1, -0.05) is 12.1 Å². The van der Waals surface area contributed by atoms with E-state index in [2.05, 4.69) is 15.6 Å². The van der Waals surface area contributed by atoms with Crippen LogP contribution in [0.25, 0.3) is 26.1 Å². The fourth-order valence-electron chi connectivity index (χ4n) is 4.25.